The van der Waals surface area contributed by atoms with Gasteiger partial charge in [0.05, 0.1) is 5.92 Å². The smallest absolute Gasteiger partial charge is 0.310 e. The number of hydrogen-bond donors (Lipinski definition) is 1. The van der Waals surface area contributed by atoms with Crippen LogP contribution in [0.15, 0.2) is 24.3 Å². The number of benzene rings is 1. The van der Waals surface area contributed by atoms with Crippen molar-refractivity contribution < 1.29 is 14.7 Å². The lowest BCUT2D eigenvalue weighted by atomic mass is 9.97. The summed E-state index contributed by atoms with van der Waals surface area (Å²) in [5.74, 6) is -1.31. The first-order valence-corrected chi connectivity index (χ1v) is 5.31. The van der Waals surface area contributed by atoms with E-state index in [1.807, 2.05) is 31.2 Å². The van der Waals surface area contributed by atoms with Crippen molar-refractivity contribution in [1.82, 2.24) is 0 Å². The summed E-state index contributed by atoms with van der Waals surface area (Å²) in [6.07, 6.45) is 1.62. The zero-order chi connectivity index (χ0) is 12.1. The summed E-state index contributed by atoms with van der Waals surface area (Å²) in [5, 5.41) is 8.84. The quantitative estimate of drug-likeness (QED) is 0.774. The third kappa shape index (κ3) is 3.19. The van der Waals surface area contributed by atoms with Gasteiger partial charge in [-0.15, -0.1) is 0 Å². The number of carbonyl (C=O) groups excluding carboxylic acids is 1. The monoisotopic (exact) mass is 220 g/mol. The van der Waals surface area contributed by atoms with Crippen LogP contribution >= 0.6 is 0 Å². The normalized spacial score (nSPS) is 14.1. The fourth-order valence-corrected chi connectivity index (χ4v) is 1.50. The van der Waals surface area contributed by atoms with Gasteiger partial charge in [-0.05, 0) is 24.5 Å². The first-order valence-electron chi connectivity index (χ1n) is 5.31. The van der Waals surface area contributed by atoms with E-state index in [2.05, 4.69) is 0 Å². The van der Waals surface area contributed by atoms with Crippen LogP contribution in [0.4, 0.5) is 0 Å². The van der Waals surface area contributed by atoms with Gasteiger partial charge in [0.1, 0.15) is 6.29 Å². The van der Waals surface area contributed by atoms with Gasteiger partial charge in [0.25, 0.3) is 0 Å². The minimum absolute atomic E-state index is 0.00254. The first-order chi connectivity index (χ1) is 7.54. The van der Waals surface area contributed by atoms with Crippen molar-refractivity contribution in [3.05, 3.63) is 35.4 Å². The lowest BCUT2D eigenvalue weighted by Crippen LogP contribution is -2.07. The van der Waals surface area contributed by atoms with Crippen LogP contribution in [0.25, 0.3) is 0 Å². The summed E-state index contributed by atoms with van der Waals surface area (Å²) in [5.41, 5.74) is 1.84. The molecule has 1 aromatic rings. The highest BCUT2D eigenvalue weighted by Crippen LogP contribution is 2.17. The zero-order valence-corrected chi connectivity index (χ0v) is 9.51. The van der Waals surface area contributed by atoms with Gasteiger partial charge in [-0.25, -0.2) is 0 Å². The van der Waals surface area contributed by atoms with Crippen molar-refractivity contribution in [3.8, 4) is 0 Å². The van der Waals surface area contributed by atoms with E-state index in [1.165, 1.54) is 0 Å². The molecule has 1 rings (SSSR count). The van der Waals surface area contributed by atoms with Crippen molar-refractivity contribution in [2.24, 2.45) is 5.92 Å². The standard InChI is InChI=1S/C13H16O3/c1-9(8-14)7-11-3-5-12(6-4-11)10(2)13(15)16/h3-6,8-10H,7H2,1-2H3,(H,15,16). The highest BCUT2D eigenvalue weighted by Gasteiger charge is 2.13. The molecule has 16 heavy (non-hydrogen) atoms. The molecule has 3 nitrogen and oxygen atoms in total. The molecule has 1 N–H and O–H groups in total. The molecule has 3 heteroatoms. The Balaban J connectivity index is 2.75. The Bertz CT molecular complexity index is 367. The maximum atomic E-state index is 10.8. The van der Waals surface area contributed by atoms with Crippen LogP contribution in [-0.2, 0) is 16.0 Å². The molecule has 0 heterocycles. The molecule has 0 aromatic heterocycles. The third-order valence-corrected chi connectivity index (χ3v) is 2.64. The molecule has 0 spiro atoms. The molecule has 2 unspecified atom stereocenters. The van der Waals surface area contributed by atoms with Crippen LogP contribution in [0.2, 0.25) is 0 Å². The van der Waals surface area contributed by atoms with Gasteiger partial charge in [-0.1, -0.05) is 31.2 Å². The molecule has 1 aromatic carbocycles. The number of hydrogen-bond acceptors (Lipinski definition) is 2. The highest BCUT2D eigenvalue weighted by molar-refractivity contribution is 5.75. The summed E-state index contributed by atoms with van der Waals surface area (Å²) >= 11 is 0. The Morgan fingerprint density at radius 3 is 2.31 bits per heavy atom. The summed E-state index contributed by atoms with van der Waals surface area (Å²) < 4.78 is 0. The topological polar surface area (TPSA) is 54.4 Å². The van der Waals surface area contributed by atoms with E-state index >= 15 is 0 Å². The van der Waals surface area contributed by atoms with E-state index in [-0.39, 0.29) is 5.92 Å². The minimum Gasteiger partial charge on any atom is -0.481 e. The van der Waals surface area contributed by atoms with Crippen LogP contribution < -0.4 is 0 Å². The highest BCUT2D eigenvalue weighted by atomic mass is 16.4. The number of rotatable bonds is 5. The second-order valence-corrected chi connectivity index (χ2v) is 4.12. The van der Waals surface area contributed by atoms with E-state index < -0.39 is 11.9 Å². The molecule has 0 saturated heterocycles. The molecule has 0 saturated carbocycles. The molecule has 0 aliphatic rings. The Morgan fingerprint density at radius 2 is 1.88 bits per heavy atom. The van der Waals surface area contributed by atoms with Crippen molar-refractivity contribution in [3.63, 3.8) is 0 Å². The van der Waals surface area contributed by atoms with Crippen molar-refractivity contribution >= 4 is 12.3 Å². The molecule has 0 bridgehead atoms. The van der Waals surface area contributed by atoms with E-state index in [0.29, 0.717) is 6.42 Å². The zero-order valence-electron chi connectivity index (χ0n) is 9.51. The van der Waals surface area contributed by atoms with Gasteiger partial charge < -0.3 is 9.90 Å². The van der Waals surface area contributed by atoms with Crippen molar-refractivity contribution in [1.29, 1.82) is 0 Å². The predicted molar refractivity (Wildman–Crippen MR) is 61.4 cm³/mol. The van der Waals surface area contributed by atoms with Gasteiger partial charge in [0, 0.05) is 5.92 Å². The van der Waals surface area contributed by atoms with E-state index in [0.717, 1.165) is 17.4 Å². The number of carboxylic acids is 1. The second-order valence-electron chi connectivity index (χ2n) is 4.12. The summed E-state index contributed by atoms with van der Waals surface area (Å²) in [6, 6.07) is 7.39. The van der Waals surface area contributed by atoms with Crippen LogP contribution in [0.1, 0.15) is 30.9 Å². The number of carbonyl (C=O) groups is 2. The minimum atomic E-state index is -0.825. The number of aliphatic carboxylic acids is 1. The molecule has 0 radical (unpaired) electrons. The van der Waals surface area contributed by atoms with Gasteiger partial charge in [-0.2, -0.15) is 0 Å². The van der Waals surface area contributed by atoms with Crippen LogP contribution in [0.3, 0.4) is 0 Å². The largest absolute Gasteiger partial charge is 0.481 e. The molecule has 0 aliphatic carbocycles. The van der Waals surface area contributed by atoms with Gasteiger partial charge in [0.2, 0.25) is 0 Å². The van der Waals surface area contributed by atoms with E-state index in [9.17, 15) is 9.59 Å². The predicted octanol–water partition coefficient (Wildman–Crippen LogP) is 2.25. The van der Waals surface area contributed by atoms with Crippen LogP contribution in [0.5, 0.6) is 0 Å². The fourth-order valence-electron chi connectivity index (χ4n) is 1.50. The first kappa shape index (κ1) is 12.4. The Labute approximate surface area is 95.1 Å². The SMILES string of the molecule is CC(C=O)Cc1ccc(C(C)C(=O)O)cc1. The van der Waals surface area contributed by atoms with Crippen LogP contribution in [0, 0.1) is 5.92 Å². The summed E-state index contributed by atoms with van der Waals surface area (Å²) in [7, 11) is 0. The molecular formula is C13H16O3. The van der Waals surface area contributed by atoms with Crippen molar-refractivity contribution in [2.45, 2.75) is 26.2 Å². The number of carboxylic acid groups (broad SMARTS) is 1. The van der Waals surface area contributed by atoms with E-state index in [4.69, 9.17) is 5.11 Å². The molecule has 86 valence electrons. The van der Waals surface area contributed by atoms with Crippen LogP contribution in [-0.4, -0.2) is 17.4 Å². The summed E-state index contributed by atoms with van der Waals surface area (Å²) in [4.78, 5) is 21.3. The molecular weight excluding hydrogens is 204 g/mol. The van der Waals surface area contributed by atoms with Crippen molar-refractivity contribution in [2.75, 3.05) is 0 Å². The molecule has 0 fully saturated rings. The lowest BCUT2D eigenvalue weighted by Gasteiger charge is -2.08. The molecule has 0 aliphatic heterocycles. The molecule has 2 atom stereocenters. The maximum absolute atomic E-state index is 10.8. The number of aldehydes is 1. The maximum Gasteiger partial charge on any atom is 0.310 e. The fraction of sp³-hybridized carbons (Fsp3) is 0.385. The average Bonchev–Trinajstić information content (AvgIpc) is 2.28. The van der Waals surface area contributed by atoms with Gasteiger partial charge in [-0.3, -0.25) is 4.79 Å². The van der Waals surface area contributed by atoms with Gasteiger partial charge in [0.15, 0.2) is 0 Å². The van der Waals surface area contributed by atoms with E-state index in [1.54, 1.807) is 6.92 Å². The Morgan fingerprint density at radius 1 is 1.31 bits per heavy atom. The lowest BCUT2D eigenvalue weighted by molar-refractivity contribution is -0.138. The average molecular weight is 220 g/mol. The Hall–Kier alpha value is -1.64. The van der Waals surface area contributed by atoms with Gasteiger partial charge >= 0.3 is 5.97 Å². The summed E-state index contributed by atoms with van der Waals surface area (Å²) in [6.45, 7) is 3.52. The second kappa shape index (κ2) is 5.45. The Kier molecular flexibility index (Phi) is 4.23. The third-order valence-electron chi connectivity index (χ3n) is 2.64. The molecule has 0 amide bonds.